The number of aliphatic hydroxyl groups is 1. The predicted molar refractivity (Wildman–Crippen MR) is 76.2 cm³/mol. The van der Waals surface area contributed by atoms with E-state index in [9.17, 15) is 23.1 Å². The third kappa shape index (κ3) is 4.14. The zero-order valence-electron chi connectivity index (χ0n) is 11.3. The third-order valence-electron chi connectivity index (χ3n) is 2.95. The van der Waals surface area contributed by atoms with Crippen molar-refractivity contribution in [1.82, 2.24) is 0 Å². The minimum Gasteiger partial charge on any atom is -0.479 e. The van der Waals surface area contributed by atoms with Gasteiger partial charge in [0.15, 0.2) is 6.10 Å². The van der Waals surface area contributed by atoms with Gasteiger partial charge >= 0.3 is 12.3 Å². The van der Waals surface area contributed by atoms with Gasteiger partial charge in [0.25, 0.3) is 0 Å². The number of hydrogen-bond donors (Lipinski definition) is 2. The van der Waals surface area contributed by atoms with Crippen molar-refractivity contribution < 1.29 is 32.9 Å². The lowest BCUT2D eigenvalue weighted by molar-refractivity contribution is -0.274. The molecule has 0 fully saturated rings. The molecule has 0 aliphatic heterocycles. The molecule has 0 aliphatic rings. The van der Waals surface area contributed by atoms with Gasteiger partial charge < -0.3 is 14.9 Å². The summed E-state index contributed by atoms with van der Waals surface area (Å²) in [7, 11) is 0. The molecule has 0 aliphatic carbocycles. The van der Waals surface area contributed by atoms with E-state index in [4.69, 9.17) is 16.7 Å². The van der Waals surface area contributed by atoms with E-state index in [0.717, 1.165) is 12.1 Å². The van der Waals surface area contributed by atoms with Gasteiger partial charge in [-0.25, -0.2) is 4.79 Å². The number of alkyl halides is 3. The van der Waals surface area contributed by atoms with Crippen LogP contribution in [0.3, 0.4) is 0 Å². The van der Waals surface area contributed by atoms with Crippen LogP contribution in [0.4, 0.5) is 13.2 Å². The molecule has 1 unspecified atom stereocenters. The van der Waals surface area contributed by atoms with Crippen molar-refractivity contribution in [1.29, 1.82) is 0 Å². The Morgan fingerprint density at radius 1 is 1.13 bits per heavy atom. The van der Waals surface area contributed by atoms with Gasteiger partial charge in [-0.2, -0.15) is 0 Å². The lowest BCUT2D eigenvalue weighted by Gasteiger charge is -2.15. The van der Waals surface area contributed by atoms with Gasteiger partial charge in [-0.3, -0.25) is 0 Å². The highest BCUT2D eigenvalue weighted by molar-refractivity contribution is 6.33. The Balaban J connectivity index is 2.44. The van der Waals surface area contributed by atoms with Crippen molar-refractivity contribution in [2.24, 2.45) is 0 Å². The molecule has 23 heavy (non-hydrogen) atoms. The third-order valence-corrected chi connectivity index (χ3v) is 3.27. The van der Waals surface area contributed by atoms with Crippen LogP contribution in [-0.4, -0.2) is 22.5 Å². The molecule has 4 nitrogen and oxygen atoms in total. The zero-order valence-corrected chi connectivity index (χ0v) is 12.1. The first-order valence-corrected chi connectivity index (χ1v) is 6.62. The topological polar surface area (TPSA) is 66.8 Å². The highest BCUT2D eigenvalue weighted by Gasteiger charge is 2.31. The number of carboxylic acids is 1. The summed E-state index contributed by atoms with van der Waals surface area (Å²) in [5.41, 5.74) is 0.609. The molecular weight excluding hydrogens is 337 g/mol. The lowest BCUT2D eigenvalue weighted by Crippen LogP contribution is -2.17. The average molecular weight is 347 g/mol. The second-order valence-electron chi connectivity index (χ2n) is 4.52. The standard InChI is InChI=1S/C15H10ClF3O4/c16-11-3-1-2-10(13(20)14(21)22)12(11)8-4-6-9(7-5-8)23-15(17,18)19/h1-7,13,20H,(H,21,22). The van der Waals surface area contributed by atoms with Crippen molar-refractivity contribution in [3.63, 3.8) is 0 Å². The normalized spacial score (nSPS) is 12.7. The second kappa shape index (κ2) is 6.47. The SMILES string of the molecule is O=C(O)C(O)c1cccc(Cl)c1-c1ccc(OC(F)(F)F)cc1. The van der Waals surface area contributed by atoms with Crippen LogP contribution in [0, 0.1) is 0 Å². The molecule has 0 amide bonds. The first-order chi connectivity index (χ1) is 10.7. The summed E-state index contributed by atoms with van der Waals surface area (Å²) >= 11 is 6.04. The lowest BCUT2D eigenvalue weighted by atomic mass is 9.96. The van der Waals surface area contributed by atoms with Crippen molar-refractivity contribution in [3.8, 4) is 16.9 Å². The average Bonchev–Trinajstić information content (AvgIpc) is 2.45. The molecule has 122 valence electrons. The summed E-state index contributed by atoms with van der Waals surface area (Å²) in [6.45, 7) is 0. The Morgan fingerprint density at radius 3 is 2.26 bits per heavy atom. The Kier molecular flexibility index (Phi) is 4.82. The first kappa shape index (κ1) is 17.1. The quantitative estimate of drug-likeness (QED) is 0.877. The largest absolute Gasteiger partial charge is 0.573 e. The van der Waals surface area contributed by atoms with Gasteiger partial charge in [0.05, 0.1) is 0 Å². The molecule has 8 heteroatoms. The van der Waals surface area contributed by atoms with Crippen molar-refractivity contribution >= 4 is 17.6 Å². The van der Waals surface area contributed by atoms with Crippen LogP contribution >= 0.6 is 11.6 Å². The van der Waals surface area contributed by atoms with Crippen LogP contribution in [0.15, 0.2) is 42.5 Å². The number of aliphatic hydroxyl groups excluding tert-OH is 1. The van der Waals surface area contributed by atoms with Crippen LogP contribution in [0.2, 0.25) is 5.02 Å². The van der Waals surface area contributed by atoms with E-state index >= 15 is 0 Å². The number of halogens is 4. The molecule has 0 aromatic heterocycles. The highest BCUT2D eigenvalue weighted by Crippen LogP contribution is 2.36. The molecule has 0 radical (unpaired) electrons. The summed E-state index contributed by atoms with van der Waals surface area (Å²) in [5.74, 6) is -1.89. The summed E-state index contributed by atoms with van der Waals surface area (Å²) in [6, 6.07) is 9.05. The smallest absolute Gasteiger partial charge is 0.479 e. The number of hydrogen-bond acceptors (Lipinski definition) is 3. The molecule has 0 bridgehead atoms. The summed E-state index contributed by atoms with van der Waals surface area (Å²) in [6.07, 6.45) is -6.62. The fraction of sp³-hybridized carbons (Fsp3) is 0.133. The molecule has 2 aromatic rings. The van der Waals surface area contributed by atoms with E-state index in [1.54, 1.807) is 0 Å². The number of benzene rings is 2. The van der Waals surface area contributed by atoms with E-state index in [0.29, 0.717) is 5.56 Å². The predicted octanol–water partition coefficient (Wildman–Crippen LogP) is 4.02. The van der Waals surface area contributed by atoms with Crippen molar-refractivity contribution in [2.75, 3.05) is 0 Å². The highest BCUT2D eigenvalue weighted by atomic mass is 35.5. The summed E-state index contributed by atoms with van der Waals surface area (Å²) < 4.78 is 40.2. The Morgan fingerprint density at radius 2 is 1.74 bits per heavy atom. The molecule has 2 N–H and O–H groups in total. The van der Waals surface area contributed by atoms with Gasteiger partial charge in [-0.05, 0) is 23.8 Å². The molecule has 2 rings (SSSR count). The molecule has 2 aromatic carbocycles. The second-order valence-corrected chi connectivity index (χ2v) is 4.92. The van der Waals surface area contributed by atoms with Crippen LogP contribution < -0.4 is 4.74 Å². The van der Waals surface area contributed by atoms with Crippen LogP contribution in [-0.2, 0) is 4.79 Å². The number of aliphatic carboxylic acids is 1. The fourth-order valence-corrected chi connectivity index (χ4v) is 2.32. The van der Waals surface area contributed by atoms with Crippen molar-refractivity contribution in [2.45, 2.75) is 12.5 Å². The molecule has 0 spiro atoms. The maximum atomic E-state index is 12.1. The van der Waals surface area contributed by atoms with Gasteiger partial charge in [-0.1, -0.05) is 35.9 Å². The molecule has 0 saturated heterocycles. The van der Waals surface area contributed by atoms with E-state index in [1.165, 1.54) is 30.3 Å². The Bertz CT molecular complexity index is 714. The monoisotopic (exact) mass is 346 g/mol. The fourth-order valence-electron chi connectivity index (χ4n) is 2.03. The molecule has 0 saturated carbocycles. The maximum Gasteiger partial charge on any atom is 0.573 e. The zero-order chi connectivity index (χ0) is 17.2. The number of rotatable bonds is 4. The van der Waals surface area contributed by atoms with E-state index in [-0.39, 0.29) is 16.1 Å². The van der Waals surface area contributed by atoms with Crippen LogP contribution in [0.5, 0.6) is 5.75 Å². The minimum atomic E-state index is -4.81. The molecule has 0 heterocycles. The number of carboxylic acid groups (broad SMARTS) is 1. The van der Waals surface area contributed by atoms with Crippen LogP contribution in [0.1, 0.15) is 11.7 Å². The Labute approximate surface area is 133 Å². The molecular formula is C15H10ClF3O4. The van der Waals surface area contributed by atoms with E-state index in [2.05, 4.69) is 4.74 Å². The maximum absolute atomic E-state index is 12.1. The minimum absolute atomic E-state index is 0.0366. The van der Waals surface area contributed by atoms with Crippen molar-refractivity contribution in [3.05, 3.63) is 53.1 Å². The van der Waals surface area contributed by atoms with Gasteiger partial charge in [0, 0.05) is 16.1 Å². The van der Waals surface area contributed by atoms with E-state index < -0.39 is 24.2 Å². The number of ether oxygens (including phenoxy) is 1. The summed E-state index contributed by atoms with van der Waals surface area (Å²) in [4.78, 5) is 11.0. The van der Waals surface area contributed by atoms with E-state index in [1.807, 2.05) is 0 Å². The van der Waals surface area contributed by atoms with Gasteiger partial charge in [0.1, 0.15) is 5.75 Å². The van der Waals surface area contributed by atoms with Crippen LogP contribution in [0.25, 0.3) is 11.1 Å². The van der Waals surface area contributed by atoms with Gasteiger partial charge in [0.2, 0.25) is 0 Å². The number of carbonyl (C=O) groups is 1. The first-order valence-electron chi connectivity index (χ1n) is 6.24. The molecule has 1 atom stereocenters. The van der Waals surface area contributed by atoms with Gasteiger partial charge in [-0.15, -0.1) is 13.2 Å². The Hall–Kier alpha value is -2.25. The summed E-state index contributed by atoms with van der Waals surface area (Å²) in [5, 5.41) is 18.8.